The molecule has 1 N–H and O–H groups in total. The first kappa shape index (κ1) is 29.8. The van der Waals surface area contributed by atoms with Gasteiger partial charge in [-0.15, -0.1) is 29.6 Å². The molecule has 0 saturated carbocycles. The van der Waals surface area contributed by atoms with Gasteiger partial charge < -0.3 is 4.74 Å². The zero-order valence-electron chi connectivity index (χ0n) is 22.0. The van der Waals surface area contributed by atoms with Crippen LogP contribution in [0.2, 0.25) is 0 Å². The number of benzene rings is 1. The van der Waals surface area contributed by atoms with Crippen LogP contribution in [0.25, 0.3) is 22.0 Å². The Hall–Kier alpha value is -3.41. The Morgan fingerprint density at radius 3 is 2.11 bits per heavy atom. The quantitative estimate of drug-likeness (QED) is 0.305. The summed E-state index contributed by atoms with van der Waals surface area (Å²) in [4.78, 5) is 9.94. The van der Waals surface area contributed by atoms with E-state index in [4.69, 9.17) is 4.74 Å². The van der Waals surface area contributed by atoms with E-state index in [1.54, 1.807) is 49.4 Å². The maximum absolute atomic E-state index is 11.6. The first-order valence-electron chi connectivity index (χ1n) is 11.6. The fourth-order valence-corrected chi connectivity index (χ4v) is 4.77. The smallest absolute Gasteiger partial charge is 0.258 e. The average Bonchev–Trinajstić information content (AvgIpc) is 3.56. The summed E-state index contributed by atoms with van der Waals surface area (Å²) in [6, 6.07) is 11.1. The molecule has 4 aromatic rings. The first-order valence-corrected chi connectivity index (χ1v) is 13.9. The molecule has 0 bridgehead atoms. The number of aromatic nitrogens is 5. The van der Waals surface area contributed by atoms with Gasteiger partial charge in [-0.1, -0.05) is 6.07 Å². The summed E-state index contributed by atoms with van der Waals surface area (Å²) >= 11 is 1.57. The molecule has 3 aromatic heterocycles. The number of rotatable bonds is 7. The van der Waals surface area contributed by atoms with Crippen molar-refractivity contribution in [1.82, 2.24) is 29.7 Å². The number of nitrogens with zero attached hydrogens (tertiary/aromatic N) is 5. The van der Waals surface area contributed by atoms with E-state index in [2.05, 4.69) is 51.9 Å². The summed E-state index contributed by atoms with van der Waals surface area (Å²) in [5, 5.41) is 12.1. The lowest BCUT2D eigenvalue weighted by molar-refractivity contribution is 0.415. The molecule has 0 radical (unpaired) electrons. The molecule has 0 fully saturated rings. The van der Waals surface area contributed by atoms with Gasteiger partial charge in [0.25, 0.3) is 10.0 Å². The van der Waals surface area contributed by atoms with Crippen molar-refractivity contribution in [3.63, 3.8) is 0 Å². The molecule has 198 valence electrons. The van der Waals surface area contributed by atoms with E-state index in [0.717, 1.165) is 33.3 Å². The van der Waals surface area contributed by atoms with Gasteiger partial charge in [0.2, 0.25) is 0 Å². The minimum atomic E-state index is -3.44. The van der Waals surface area contributed by atoms with E-state index < -0.39 is 10.0 Å². The monoisotopic (exact) mass is 542 g/mol. The van der Waals surface area contributed by atoms with Crippen molar-refractivity contribution in [2.45, 2.75) is 51.7 Å². The lowest BCUT2D eigenvalue weighted by atomic mass is 10.1. The van der Waals surface area contributed by atoms with Crippen molar-refractivity contribution in [2.24, 2.45) is 0 Å². The molecule has 0 spiro atoms. The van der Waals surface area contributed by atoms with Gasteiger partial charge in [0.1, 0.15) is 22.1 Å². The van der Waals surface area contributed by atoms with E-state index in [9.17, 15) is 8.42 Å². The predicted octanol–water partition coefficient (Wildman–Crippen LogP) is 5.54. The second kappa shape index (κ2) is 13.8. The molecule has 11 heteroatoms. The molecular formula is C26H34N6O3S2. The van der Waals surface area contributed by atoms with Gasteiger partial charge in [-0.2, -0.15) is 9.90 Å². The molecule has 0 unspecified atom stereocenters. The number of aryl methyl sites for hydroxylation is 1. The van der Waals surface area contributed by atoms with Gasteiger partial charge in [-0.3, -0.25) is 0 Å². The number of hydrogen-bond donors (Lipinski definition) is 1. The molecular weight excluding hydrogens is 508 g/mol. The topological polar surface area (TPSA) is 112 Å². The van der Waals surface area contributed by atoms with Gasteiger partial charge in [0.05, 0.1) is 13.2 Å². The van der Waals surface area contributed by atoms with E-state index in [0.29, 0.717) is 0 Å². The number of sulfonamides is 1. The zero-order chi connectivity index (χ0) is 27.6. The third-order valence-corrected chi connectivity index (χ3v) is 6.99. The Balaban J connectivity index is 0.000000263. The van der Waals surface area contributed by atoms with Crippen LogP contribution < -0.4 is 9.46 Å². The van der Waals surface area contributed by atoms with Crippen LogP contribution in [0.5, 0.6) is 5.75 Å². The molecule has 0 aliphatic heterocycles. The summed E-state index contributed by atoms with van der Waals surface area (Å²) in [7, 11) is -1.78. The Labute approximate surface area is 223 Å². The number of methoxy groups -OCH3 is 1. The molecule has 37 heavy (non-hydrogen) atoms. The van der Waals surface area contributed by atoms with Crippen LogP contribution in [0.1, 0.15) is 39.3 Å². The Kier molecular flexibility index (Phi) is 11.1. The number of thiazole rings is 1. The summed E-state index contributed by atoms with van der Waals surface area (Å²) in [6.45, 7) is 15.5. The lowest BCUT2D eigenvalue weighted by Gasteiger charge is -2.08. The Morgan fingerprint density at radius 1 is 0.973 bits per heavy atom. The first-order chi connectivity index (χ1) is 17.6. The molecule has 1 aromatic carbocycles. The van der Waals surface area contributed by atoms with Gasteiger partial charge in [-0.25, -0.2) is 23.1 Å². The summed E-state index contributed by atoms with van der Waals surface area (Å²) in [5.74, 6) is 0.825. The highest BCUT2D eigenvalue weighted by Crippen LogP contribution is 2.31. The van der Waals surface area contributed by atoms with Crippen molar-refractivity contribution < 1.29 is 13.2 Å². The van der Waals surface area contributed by atoms with Gasteiger partial charge >= 0.3 is 0 Å². The average molecular weight is 543 g/mol. The highest BCUT2D eigenvalue weighted by atomic mass is 32.2. The van der Waals surface area contributed by atoms with Crippen LogP contribution in [0.3, 0.4) is 0 Å². The molecule has 9 nitrogen and oxygen atoms in total. The Morgan fingerprint density at radius 2 is 1.62 bits per heavy atom. The standard InChI is InChI=1S/C15H16N4OS.C9H14N2O2S.C2H4/c1-10(2)19-17-13(11-4-6-12(20-3)7-5-11)14(18-19)15-16-8-9-21-15;1-7(2)11-14(12,13)9-5-4-8(3)6-10-9;1-2/h4-10H,1-3H3;4-7,11H,1-3H3;1-2H2. The van der Waals surface area contributed by atoms with Crippen LogP contribution in [0.4, 0.5) is 0 Å². The lowest BCUT2D eigenvalue weighted by Crippen LogP contribution is -2.30. The predicted molar refractivity (Wildman–Crippen MR) is 149 cm³/mol. The van der Waals surface area contributed by atoms with Crippen molar-refractivity contribution in [3.8, 4) is 27.7 Å². The van der Waals surface area contributed by atoms with E-state index >= 15 is 0 Å². The van der Waals surface area contributed by atoms with Crippen molar-refractivity contribution >= 4 is 21.4 Å². The third-order valence-electron chi connectivity index (χ3n) is 4.64. The van der Waals surface area contributed by atoms with Crippen LogP contribution >= 0.6 is 11.3 Å². The zero-order valence-corrected chi connectivity index (χ0v) is 23.7. The maximum Gasteiger partial charge on any atom is 0.258 e. The van der Waals surface area contributed by atoms with Gasteiger partial charge in [-0.05, 0) is 70.5 Å². The van der Waals surface area contributed by atoms with Crippen LogP contribution in [0.15, 0.2) is 72.4 Å². The normalized spacial score (nSPS) is 10.9. The fraction of sp³-hybridized carbons (Fsp3) is 0.308. The molecule has 0 amide bonds. The van der Waals surface area contributed by atoms with Crippen LogP contribution in [-0.4, -0.2) is 46.5 Å². The highest BCUT2D eigenvalue weighted by Gasteiger charge is 2.18. The minimum absolute atomic E-state index is 0.0665. The SMILES string of the molecule is C=C.COc1ccc(-c2nn(C(C)C)nc2-c2nccs2)cc1.Cc1ccc(S(=O)(=O)NC(C)C)nc1. The summed E-state index contributed by atoms with van der Waals surface area (Å²) < 4.78 is 30.8. The van der Waals surface area contributed by atoms with Crippen molar-refractivity contribution in [1.29, 1.82) is 0 Å². The molecule has 0 atom stereocenters. The largest absolute Gasteiger partial charge is 0.497 e. The second-order valence-corrected chi connectivity index (χ2v) is 10.9. The number of ether oxygens (including phenoxy) is 1. The number of hydrogen-bond acceptors (Lipinski definition) is 8. The second-order valence-electron chi connectivity index (χ2n) is 8.33. The maximum atomic E-state index is 11.6. The minimum Gasteiger partial charge on any atom is -0.497 e. The number of pyridine rings is 1. The fourth-order valence-electron chi connectivity index (χ4n) is 2.96. The summed E-state index contributed by atoms with van der Waals surface area (Å²) in [5.41, 5.74) is 3.62. The molecule has 3 heterocycles. The molecule has 4 rings (SSSR count). The van der Waals surface area contributed by atoms with Crippen LogP contribution in [-0.2, 0) is 10.0 Å². The third kappa shape index (κ3) is 8.31. The van der Waals surface area contributed by atoms with Crippen LogP contribution in [0, 0.1) is 6.92 Å². The van der Waals surface area contributed by atoms with E-state index in [1.807, 2.05) is 36.6 Å². The number of nitrogens with one attached hydrogen (secondary N) is 1. The van der Waals surface area contributed by atoms with Crippen molar-refractivity contribution in [2.75, 3.05) is 7.11 Å². The van der Waals surface area contributed by atoms with Gasteiger partial charge in [0.15, 0.2) is 5.03 Å². The van der Waals surface area contributed by atoms with Crippen molar-refractivity contribution in [3.05, 3.63) is 72.9 Å². The molecule has 0 saturated heterocycles. The molecule has 0 aliphatic carbocycles. The van der Waals surface area contributed by atoms with Gasteiger partial charge in [0, 0.05) is 29.4 Å². The van der Waals surface area contributed by atoms with E-state index in [-0.39, 0.29) is 17.1 Å². The highest BCUT2D eigenvalue weighted by molar-refractivity contribution is 7.89. The van der Waals surface area contributed by atoms with E-state index in [1.165, 1.54) is 12.3 Å². The summed E-state index contributed by atoms with van der Waals surface area (Å²) in [6.07, 6.45) is 3.32. The Bertz CT molecular complexity index is 1330. The molecule has 0 aliphatic rings.